The molecule has 1 saturated carbocycles. The molecule has 1 aromatic heterocycles. The molecule has 4 nitrogen and oxygen atoms in total. The van der Waals surface area contributed by atoms with Crippen molar-refractivity contribution in [3.63, 3.8) is 0 Å². The maximum Gasteiger partial charge on any atom is 0.253 e. The van der Waals surface area contributed by atoms with Crippen LogP contribution < -0.4 is 5.32 Å². The highest BCUT2D eigenvalue weighted by atomic mass is 16.1. The van der Waals surface area contributed by atoms with E-state index in [4.69, 9.17) is 0 Å². The van der Waals surface area contributed by atoms with Crippen LogP contribution in [0.2, 0.25) is 0 Å². The molecule has 1 aliphatic heterocycles. The number of nitrogens with one attached hydrogen (secondary N) is 1. The molecule has 21 heavy (non-hydrogen) atoms. The van der Waals surface area contributed by atoms with Crippen LogP contribution >= 0.6 is 0 Å². The van der Waals surface area contributed by atoms with E-state index in [1.54, 1.807) is 6.20 Å². The Morgan fingerprint density at radius 3 is 2.95 bits per heavy atom. The summed E-state index contributed by atoms with van der Waals surface area (Å²) in [7, 11) is 0. The summed E-state index contributed by atoms with van der Waals surface area (Å²) in [5.74, 6) is 0.617. The Morgan fingerprint density at radius 1 is 1.38 bits per heavy atom. The molecule has 0 bridgehead atoms. The maximum atomic E-state index is 12.2. The Hall–Kier alpha value is -1.42. The van der Waals surface area contributed by atoms with Gasteiger partial charge in [-0.3, -0.25) is 9.78 Å². The SMILES string of the molecule is Cc1ncccc1C(=O)NC[C@@H]1CCN(C2CCCC2)C1. The predicted molar refractivity (Wildman–Crippen MR) is 83.2 cm³/mol. The van der Waals surface area contributed by atoms with E-state index in [1.165, 1.54) is 38.6 Å². The molecule has 0 radical (unpaired) electrons. The van der Waals surface area contributed by atoms with Gasteiger partial charge in [0.05, 0.1) is 5.56 Å². The molecule has 0 spiro atoms. The Balaban J connectivity index is 1.47. The molecule has 1 saturated heterocycles. The number of likely N-dealkylation sites (tertiary alicyclic amines) is 1. The molecule has 2 fully saturated rings. The van der Waals surface area contributed by atoms with E-state index in [1.807, 2.05) is 19.1 Å². The predicted octanol–water partition coefficient (Wildman–Crippen LogP) is 2.38. The molecular formula is C17H25N3O. The van der Waals surface area contributed by atoms with Crippen molar-refractivity contribution in [2.45, 2.75) is 45.1 Å². The highest BCUT2D eigenvalue weighted by Gasteiger charge is 2.29. The Kier molecular flexibility index (Phi) is 4.54. The lowest BCUT2D eigenvalue weighted by molar-refractivity contribution is 0.0946. The molecule has 1 atom stereocenters. The van der Waals surface area contributed by atoms with Crippen LogP contribution in [0.5, 0.6) is 0 Å². The molecule has 1 N–H and O–H groups in total. The minimum Gasteiger partial charge on any atom is -0.352 e. The number of hydrogen-bond donors (Lipinski definition) is 1. The van der Waals surface area contributed by atoms with Crippen LogP contribution in [0, 0.1) is 12.8 Å². The molecule has 1 aromatic rings. The fraction of sp³-hybridized carbons (Fsp3) is 0.647. The number of hydrogen-bond acceptors (Lipinski definition) is 3. The first-order valence-corrected chi connectivity index (χ1v) is 8.18. The number of aryl methyl sites for hydroxylation is 1. The summed E-state index contributed by atoms with van der Waals surface area (Å²) in [6, 6.07) is 4.47. The highest BCUT2D eigenvalue weighted by molar-refractivity contribution is 5.95. The molecule has 2 heterocycles. The summed E-state index contributed by atoms with van der Waals surface area (Å²) < 4.78 is 0. The normalized spacial score (nSPS) is 23.6. The van der Waals surface area contributed by atoms with Gasteiger partial charge in [0.15, 0.2) is 0 Å². The lowest BCUT2D eigenvalue weighted by Gasteiger charge is -2.23. The summed E-state index contributed by atoms with van der Waals surface area (Å²) in [6.45, 7) is 5.02. The van der Waals surface area contributed by atoms with Gasteiger partial charge < -0.3 is 10.2 Å². The van der Waals surface area contributed by atoms with E-state index in [2.05, 4.69) is 15.2 Å². The topological polar surface area (TPSA) is 45.2 Å². The minimum absolute atomic E-state index is 0.0138. The van der Waals surface area contributed by atoms with Crippen LogP contribution in [0.25, 0.3) is 0 Å². The number of pyridine rings is 1. The summed E-state index contributed by atoms with van der Waals surface area (Å²) in [4.78, 5) is 19.0. The lowest BCUT2D eigenvalue weighted by Crippen LogP contribution is -2.34. The van der Waals surface area contributed by atoms with Crippen molar-refractivity contribution in [2.24, 2.45) is 5.92 Å². The van der Waals surface area contributed by atoms with Gasteiger partial charge in [-0.25, -0.2) is 0 Å². The number of carbonyl (C=O) groups is 1. The van der Waals surface area contributed by atoms with Gasteiger partial charge >= 0.3 is 0 Å². The van der Waals surface area contributed by atoms with Crippen LogP contribution in [-0.4, -0.2) is 41.5 Å². The average Bonchev–Trinajstić information content (AvgIpc) is 3.16. The zero-order valence-corrected chi connectivity index (χ0v) is 12.8. The van der Waals surface area contributed by atoms with Crippen molar-refractivity contribution in [3.05, 3.63) is 29.6 Å². The molecule has 1 aliphatic carbocycles. The van der Waals surface area contributed by atoms with Gasteiger partial charge in [-0.15, -0.1) is 0 Å². The van der Waals surface area contributed by atoms with E-state index in [0.29, 0.717) is 11.5 Å². The van der Waals surface area contributed by atoms with Crippen LogP contribution in [0.3, 0.4) is 0 Å². The van der Waals surface area contributed by atoms with Crippen molar-refractivity contribution in [3.8, 4) is 0 Å². The smallest absolute Gasteiger partial charge is 0.253 e. The van der Waals surface area contributed by atoms with E-state index in [-0.39, 0.29) is 5.91 Å². The van der Waals surface area contributed by atoms with Gasteiger partial charge in [-0.2, -0.15) is 0 Å². The monoisotopic (exact) mass is 287 g/mol. The van der Waals surface area contributed by atoms with Crippen molar-refractivity contribution < 1.29 is 4.79 Å². The average molecular weight is 287 g/mol. The lowest BCUT2D eigenvalue weighted by atomic mass is 10.1. The summed E-state index contributed by atoms with van der Waals surface area (Å²) >= 11 is 0. The van der Waals surface area contributed by atoms with Crippen LogP contribution in [-0.2, 0) is 0 Å². The molecule has 114 valence electrons. The second-order valence-electron chi connectivity index (χ2n) is 6.43. The van der Waals surface area contributed by atoms with E-state index < -0.39 is 0 Å². The standard InChI is InChI=1S/C17H25N3O/c1-13-16(7-4-9-18-13)17(21)19-11-14-8-10-20(12-14)15-5-2-3-6-15/h4,7,9,14-15H,2-3,5-6,8,10-12H2,1H3,(H,19,21)/t14-/m0/s1. The Morgan fingerprint density at radius 2 is 2.19 bits per heavy atom. The van der Waals surface area contributed by atoms with Crippen molar-refractivity contribution in [2.75, 3.05) is 19.6 Å². The quantitative estimate of drug-likeness (QED) is 0.925. The largest absolute Gasteiger partial charge is 0.352 e. The molecular weight excluding hydrogens is 262 g/mol. The molecule has 0 unspecified atom stereocenters. The van der Waals surface area contributed by atoms with E-state index in [0.717, 1.165) is 24.8 Å². The first kappa shape index (κ1) is 14.5. The second-order valence-corrected chi connectivity index (χ2v) is 6.43. The van der Waals surface area contributed by atoms with Gasteiger partial charge in [0.1, 0.15) is 0 Å². The second kappa shape index (κ2) is 6.56. The Bertz CT molecular complexity index is 497. The minimum atomic E-state index is 0.0138. The first-order chi connectivity index (χ1) is 10.2. The number of rotatable bonds is 4. The van der Waals surface area contributed by atoms with Crippen LogP contribution in [0.1, 0.15) is 48.2 Å². The van der Waals surface area contributed by atoms with Gasteiger partial charge in [-0.1, -0.05) is 12.8 Å². The molecule has 3 rings (SSSR count). The third-order valence-corrected chi connectivity index (χ3v) is 4.96. The number of carbonyl (C=O) groups excluding carboxylic acids is 1. The van der Waals surface area contributed by atoms with E-state index >= 15 is 0 Å². The van der Waals surface area contributed by atoms with Crippen LogP contribution in [0.15, 0.2) is 18.3 Å². The zero-order chi connectivity index (χ0) is 14.7. The maximum absolute atomic E-state index is 12.2. The summed E-state index contributed by atoms with van der Waals surface area (Å²) in [5, 5.41) is 3.09. The first-order valence-electron chi connectivity index (χ1n) is 8.18. The third-order valence-electron chi connectivity index (χ3n) is 4.96. The number of aromatic nitrogens is 1. The van der Waals surface area contributed by atoms with Crippen LogP contribution in [0.4, 0.5) is 0 Å². The van der Waals surface area contributed by atoms with Gasteiger partial charge in [0, 0.05) is 31.0 Å². The summed E-state index contributed by atoms with van der Waals surface area (Å²) in [5.41, 5.74) is 1.50. The zero-order valence-electron chi connectivity index (χ0n) is 12.8. The van der Waals surface area contributed by atoms with Gasteiger partial charge in [-0.05, 0) is 50.8 Å². The third kappa shape index (κ3) is 3.43. The fourth-order valence-electron chi connectivity index (χ4n) is 3.69. The molecule has 4 heteroatoms. The summed E-state index contributed by atoms with van der Waals surface area (Å²) in [6.07, 6.45) is 8.46. The highest BCUT2D eigenvalue weighted by Crippen LogP contribution is 2.28. The van der Waals surface area contributed by atoms with Crippen molar-refractivity contribution in [1.82, 2.24) is 15.2 Å². The van der Waals surface area contributed by atoms with E-state index in [9.17, 15) is 4.79 Å². The fourth-order valence-corrected chi connectivity index (χ4v) is 3.69. The van der Waals surface area contributed by atoms with Gasteiger partial charge in [0.25, 0.3) is 5.91 Å². The van der Waals surface area contributed by atoms with Crippen molar-refractivity contribution in [1.29, 1.82) is 0 Å². The number of nitrogens with zero attached hydrogens (tertiary/aromatic N) is 2. The molecule has 2 aliphatic rings. The number of amides is 1. The van der Waals surface area contributed by atoms with Crippen molar-refractivity contribution >= 4 is 5.91 Å². The molecule has 0 aromatic carbocycles. The Labute approximate surface area is 126 Å². The molecule has 1 amide bonds. The van der Waals surface area contributed by atoms with Gasteiger partial charge in [0.2, 0.25) is 0 Å².